The van der Waals surface area contributed by atoms with E-state index in [1.54, 1.807) is 4.68 Å². The Morgan fingerprint density at radius 1 is 1.41 bits per heavy atom. The molecule has 5 nitrogen and oxygen atoms in total. The monoisotopic (exact) mass is 251 g/mol. The minimum atomic E-state index is 0.0741. The van der Waals surface area contributed by atoms with Crippen molar-refractivity contribution in [1.29, 1.82) is 0 Å². The minimum absolute atomic E-state index is 0.0741. The van der Waals surface area contributed by atoms with E-state index in [4.69, 9.17) is 11.6 Å². The van der Waals surface area contributed by atoms with Crippen LogP contribution in [-0.4, -0.2) is 27.3 Å². The number of tetrazole rings is 1. The second-order valence-electron chi connectivity index (χ2n) is 3.89. The van der Waals surface area contributed by atoms with Crippen molar-refractivity contribution in [3.63, 3.8) is 0 Å². The SMILES string of the molecule is CNC(C)c1nnnn1-c1ccc(C)c(Cl)c1. The van der Waals surface area contributed by atoms with E-state index in [2.05, 4.69) is 20.8 Å². The summed E-state index contributed by atoms with van der Waals surface area (Å²) >= 11 is 6.10. The van der Waals surface area contributed by atoms with Crippen LogP contribution < -0.4 is 5.32 Å². The summed E-state index contributed by atoms with van der Waals surface area (Å²) in [7, 11) is 1.87. The molecule has 1 atom stereocenters. The second-order valence-corrected chi connectivity index (χ2v) is 4.30. The molecule has 1 heterocycles. The number of hydrogen-bond acceptors (Lipinski definition) is 4. The van der Waals surface area contributed by atoms with Gasteiger partial charge in [-0.25, -0.2) is 0 Å². The molecule has 0 saturated heterocycles. The van der Waals surface area contributed by atoms with Gasteiger partial charge in [0.05, 0.1) is 11.7 Å². The largest absolute Gasteiger partial charge is 0.311 e. The summed E-state index contributed by atoms with van der Waals surface area (Å²) in [6.07, 6.45) is 0. The quantitative estimate of drug-likeness (QED) is 0.905. The maximum Gasteiger partial charge on any atom is 0.173 e. The van der Waals surface area contributed by atoms with Gasteiger partial charge in [-0.05, 0) is 49.0 Å². The Kier molecular flexibility index (Phi) is 3.40. The summed E-state index contributed by atoms with van der Waals surface area (Å²) < 4.78 is 1.69. The summed E-state index contributed by atoms with van der Waals surface area (Å²) in [4.78, 5) is 0. The molecule has 0 radical (unpaired) electrons. The Balaban J connectivity index is 2.46. The van der Waals surface area contributed by atoms with Crippen molar-refractivity contribution in [3.05, 3.63) is 34.6 Å². The molecule has 1 unspecified atom stereocenters. The molecule has 0 aliphatic heterocycles. The Morgan fingerprint density at radius 3 is 2.82 bits per heavy atom. The fourth-order valence-corrected chi connectivity index (χ4v) is 1.67. The van der Waals surface area contributed by atoms with Crippen LogP contribution in [0.25, 0.3) is 5.69 Å². The van der Waals surface area contributed by atoms with Crippen LogP contribution in [0.3, 0.4) is 0 Å². The van der Waals surface area contributed by atoms with Crippen molar-refractivity contribution in [2.75, 3.05) is 7.05 Å². The number of aryl methyl sites for hydroxylation is 1. The van der Waals surface area contributed by atoms with Gasteiger partial charge in [0.1, 0.15) is 0 Å². The molecule has 1 aromatic heterocycles. The van der Waals surface area contributed by atoms with Crippen molar-refractivity contribution in [2.24, 2.45) is 0 Å². The number of nitrogens with one attached hydrogen (secondary N) is 1. The Labute approximate surface area is 105 Å². The van der Waals surface area contributed by atoms with Gasteiger partial charge in [-0.15, -0.1) is 5.10 Å². The van der Waals surface area contributed by atoms with E-state index >= 15 is 0 Å². The first kappa shape index (κ1) is 12.0. The maximum atomic E-state index is 6.10. The van der Waals surface area contributed by atoms with Gasteiger partial charge >= 0.3 is 0 Å². The smallest absolute Gasteiger partial charge is 0.173 e. The summed E-state index contributed by atoms with van der Waals surface area (Å²) in [6, 6.07) is 5.83. The standard InChI is InChI=1S/C11H14ClN5/c1-7-4-5-9(6-10(7)12)17-11(8(2)13-3)14-15-16-17/h4-6,8,13H,1-3H3. The van der Waals surface area contributed by atoms with Gasteiger partial charge in [0, 0.05) is 5.02 Å². The summed E-state index contributed by atoms with van der Waals surface area (Å²) in [6.45, 7) is 3.96. The molecule has 0 amide bonds. The molecule has 0 bridgehead atoms. The van der Waals surface area contributed by atoms with E-state index in [0.29, 0.717) is 5.02 Å². The number of rotatable bonds is 3. The Morgan fingerprint density at radius 2 is 2.18 bits per heavy atom. The lowest BCUT2D eigenvalue weighted by atomic mass is 10.2. The van der Waals surface area contributed by atoms with Crippen LogP contribution in [0.5, 0.6) is 0 Å². The van der Waals surface area contributed by atoms with Gasteiger partial charge in [0.2, 0.25) is 0 Å². The maximum absolute atomic E-state index is 6.10. The van der Waals surface area contributed by atoms with Crippen LogP contribution in [0.4, 0.5) is 0 Å². The van der Waals surface area contributed by atoms with Gasteiger partial charge in [-0.3, -0.25) is 0 Å². The number of benzene rings is 1. The van der Waals surface area contributed by atoms with E-state index in [-0.39, 0.29) is 6.04 Å². The first-order valence-electron chi connectivity index (χ1n) is 5.35. The van der Waals surface area contributed by atoms with Gasteiger partial charge in [0.25, 0.3) is 0 Å². The molecule has 17 heavy (non-hydrogen) atoms. The number of aromatic nitrogens is 4. The molecule has 0 saturated carbocycles. The summed E-state index contributed by atoms with van der Waals surface area (Å²) in [5, 5.41) is 15.5. The molecule has 0 aliphatic carbocycles. The fourth-order valence-electron chi connectivity index (χ4n) is 1.49. The predicted molar refractivity (Wildman–Crippen MR) is 66.4 cm³/mol. The van der Waals surface area contributed by atoms with E-state index in [0.717, 1.165) is 17.1 Å². The molecule has 0 spiro atoms. The molecular weight excluding hydrogens is 238 g/mol. The van der Waals surface area contributed by atoms with Crippen molar-refractivity contribution < 1.29 is 0 Å². The molecule has 0 fully saturated rings. The summed E-state index contributed by atoms with van der Waals surface area (Å²) in [5.41, 5.74) is 1.90. The number of nitrogens with zero attached hydrogens (tertiary/aromatic N) is 4. The third kappa shape index (κ3) is 2.30. The summed E-state index contributed by atoms with van der Waals surface area (Å²) in [5.74, 6) is 0.757. The van der Waals surface area contributed by atoms with Crippen molar-refractivity contribution in [1.82, 2.24) is 25.5 Å². The molecule has 1 aromatic carbocycles. The van der Waals surface area contributed by atoms with E-state index in [9.17, 15) is 0 Å². The number of halogens is 1. The highest BCUT2D eigenvalue weighted by atomic mass is 35.5. The highest BCUT2D eigenvalue weighted by molar-refractivity contribution is 6.31. The van der Waals surface area contributed by atoms with Gasteiger partial charge in [-0.1, -0.05) is 17.7 Å². The highest BCUT2D eigenvalue weighted by Gasteiger charge is 2.14. The lowest BCUT2D eigenvalue weighted by Crippen LogP contribution is -2.17. The minimum Gasteiger partial charge on any atom is -0.311 e. The van der Waals surface area contributed by atoms with Gasteiger partial charge < -0.3 is 5.32 Å². The average Bonchev–Trinajstić information content (AvgIpc) is 2.80. The molecule has 90 valence electrons. The lowest BCUT2D eigenvalue weighted by molar-refractivity contribution is 0.588. The van der Waals surface area contributed by atoms with Crippen molar-refractivity contribution in [2.45, 2.75) is 19.9 Å². The van der Waals surface area contributed by atoms with Crippen LogP contribution in [-0.2, 0) is 0 Å². The zero-order valence-corrected chi connectivity index (χ0v) is 10.7. The molecule has 2 rings (SSSR count). The molecule has 1 N–H and O–H groups in total. The second kappa shape index (κ2) is 4.81. The molecule has 6 heteroatoms. The zero-order chi connectivity index (χ0) is 12.4. The average molecular weight is 252 g/mol. The molecule has 2 aromatic rings. The zero-order valence-electron chi connectivity index (χ0n) is 9.98. The van der Waals surface area contributed by atoms with Crippen LogP contribution in [0.2, 0.25) is 5.02 Å². The Hall–Kier alpha value is -1.46. The van der Waals surface area contributed by atoms with Crippen LogP contribution in [0.1, 0.15) is 24.4 Å². The van der Waals surface area contributed by atoms with Gasteiger partial charge in [-0.2, -0.15) is 4.68 Å². The van der Waals surface area contributed by atoms with Crippen LogP contribution in [0, 0.1) is 6.92 Å². The topological polar surface area (TPSA) is 55.6 Å². The molecule has 0 aliphatic rings. The molecular formula is C11H14ClN5. The number of hydrogen-bond donors (Lipinski definition) is 1. The van der Waals surface area contributed by atoms with E-state index in [1.807, 2.05) is 39.1 Å². The van der Waals surface area contributed by atoms with Gasteiger partial charge in [0.15, 0.2) is 5.82 Å². The van der Waals surface area contributed by atoms with Crippen molar-refractivity contribution in [3.8, 4) is 5.69 Å². The lowest BCUT2D eigenvalue weighted by Gasteiger charge is -2.10. The van der Waals surface area contributed by atoms with Crippen molar-refractivity contribution >= 4 is 11.6 Å². The normalized spacial score (nSPS) is 12.7. The van der Waals surface area contributed by atoms with Crippen LogP contribution in [0.15, 0.2) is 18.2 Å². The third-order valence-electron chi connectivity index (χ3n) is 2.71. The highest BCUT2D eigenvalue weighted by Crippen LogP contribution is 2.20. The fraction of sp³-hybridized carbons (Fsp3) is 0.364. The third-order valence-corrected chi connectivity index (χ3v) is 3.12. The predicted octanol–water partition coefficient (Wildman–Crippen LogP) is 1.90. The van der Waals surface area contributed by atoms with Crippen LogP contribution >= 0.6 is 11.6 Å². The Bertz CT molecular complexity index is 522. The van der Waals surface area contributed by atoms with E-state index in [1.165, 1.54) is 0 Å². The van der Waals surface area contributed by atoms with E-state index < -0.39 is 0 Å². The first-order chi connectivity index (χ1) is 8.13. The first-order valence-corrected chi connectivity index (χ1v) is 5.73.